The fourth-order valence-electron chi connectivity index (χ4n) is 2.49. The lowest BCUT2D eigenvalue weighted by atomic mass is 10.1. The molecule has 144 valence electrons. The molecule has 0 atom stereocenters. The fraction of sp³-hybridized carbons (Fsp3) is 0.0500. The van der Waals surface area contributed by atoms with Crippen LogP contribution in [0.2, 0.25) is 0 Å². The second kappa shape index (κ2) is 7.77. The van der Waals surface area contributed by atoms with E-state index in [2.05, 4.69) is 10.0 Å². The second-order valence-electron chi connectivity index (χ2n) is 6.02. The molecule has 3 aromatic rings. The van der Waals surface area contributed by atoms with Crippen molar-refractivity contribution in [2.45, 2.75) is 11.8 Å². The molecule has 0 aliphatic rings. The van der Waals surface area contributed by atoms with Crippen LogP contribution >= 0.6 is 0 Å². The van der Waals surface area contributed by atoms with Gasteiger partial charge < -0.3 is 5.32 Å². The van der Waals surface area contributed by atoms with Crippen molar-refractivity contribution in [3.8, 4) is 0 Å². The Labute approximate surface area is 161 Å². The third kappa shape index (κ3) is 4.34. The predicted octanol–water partition coefficient (Wildman–Crippen LogP) is 4.33. The van der Waals surface area contributed by atoms with Gasteiger partial charge in [-0.3, -0.25) is 9.52 Å². The highest BCUT2D eigenvalue weighted by Crippen LogP contribution is 2.20. The average Bonchev–Trinajstić information content (AvgIpc) is 2.66. The molecule has 0 heterocycles. The number of aryl methyl sites for hydroxylation is 1. The van der Waals surface area contributed by atoms with Crippen LogP contribution in [0.15, 0.2) is 71.6 Å². The first-order chi connectivity index (χ1) is 13.3. The molecule has 28 heavy (non-hydrogen) atoms. The minimum absolute atomic E-state index is 0.120. The maximum Gasteiger partial charge on any atom is 0.261 e. The molecule has 0 spiro atoms. The van der Waals surface area contributed by atoms with Gasteiger partial charge in [-0.15, -0.1) is 0 Å². The Bertz CT molecular complexity index is 1130. The van der Waals surface area contributed by atoms with E-state index in [1.807, 2.05) is 0 Å². The summed E-state index contributed by atoms with van der Waals surface area (Å²) in [5.41, 5.74) is 1.05. The molecular formula is C20H16F2N2O3S. The SMILES string of the molecule is Cc1cc(F)ccc1NC(=O)c1ccc(S(=O)(=O)Nc2ccccc2F)cc1. The number of hydrogen-bond acceptors (Lipinski definition) is 3. The minimum Gasteiger partial charge on any atom is -0.322 e. The number of anilines is 2. The fourth-order valence-corrected chi connectivity index (χ4v) is 3.56. The molecule has 0 radical (unpaired) electrons. The molecule has 8 heteroatoms. The molecule has 3 rings (SSSR count). The largest absolute Gasteiger partial charge is 0.322 e. The van der Waals surface area contributed by atoms with Crippen molar-refractivity contribution in [2.24, 2.45) is 0 Å². The predicted molar refractivity (Wildman–Crippen MR) is 103 cm³/mol. The van der Waals surface area contributed by atoms with Crippen LogP contribution in [-0.4, -0.2) is 14.3 Å². The van der Waals surface area contributed by atoms with Gasteiger partial charge in [0.2, 0.25) is 0 Å². The molecule has 0 saturated heterocycles. The van der Waals surface area contributed by atoms with E-state index >= 15 is 0 Å². The first-order valence-corrected chi connectivity index (χ1v) is 9.69. The lowest BCUT2D eigenvalue weighted by Crippen LogP contribution is -2.15. The van der Waals surface area contributed by atoms with Gasteiger partial charge >= 0.3 is 0 Å². The smallest absolute Gasteiger partial charge is 0.261 e. The van der Waals surface area contributed by atoms with Crippen molar-refractivity contribution in [3.63, 3.8) is 0 Å². The Morgan fingerprint density at radius 2 is 1.57 bits per heavy atom. The van der Waals surface area contributed by atoms with E-state index in [0.29, 0.717) is 11.3 Å². The van der Waals surface area contributed by atoms with Gasteiger partial charge in [0.05, 0.1) is 10.6 Å². The highest BCUT2D eigenvalue weighted by atomic mass is 32.2. The minimum atomic E-state index is -4.01. The van der Waals surface area contributed by atoms with E-state index in [4.69, 9.17) is 0 Å². The molecule has 0 aliphatic carbocycles. The zero-order chi connectivity index (χ0) is 20.3. The Balaban J connectivity index is 1.77. The first kappa shape index (κ1) is 19.5. The van der Waals surface area contributed by atoms with Gasteiger partial charge in [0.15, 0.2) is 0 Å². The number of halogens is 2. The number of sulfonamides is 1. The quantitative estimate of drug-likeness (QED) is 0.667. The molecule has 0 bridgehead atoms. The molecule has 3 aromatic carbocycles. The maximum absolute atomic E-state index is 13.7. The van der Waals surface area contributed by atoms with Crippen LogP contribution < -0.4 is 10.0 Å². The lowest BCUT2D eigenvalue weighted by molar-refractivity contribution is 0.102. The van der Waals surface area contributed by atoms with E-state index in [-0.39, 0.29) is 16.1 Å². The van der Waals surface area contributed by atoms with Gasteiger partial charge in [-0.2, -0.15) is 0 Å². The summed E-state index contributed by atoms with van der Waals surface area (Å²) in [6.45, 7) is 1.66. The molecule has 0 unspecified atom stereocenters. The number of nitrogens with one attached hydrogen (secondary N) is 2. The monoisotopic (exact) mass is 402 g/mol. The highest BCUT2D eigenvalue weighted by Gasteiger charge is 2.17. The van der Waals surface area contributed by atoms with Crippen molar-refractivity contribution in [2.75, 3.05) is 10.0 Å². The Kier molecular flexibility index (Phi) is 5.41. The van der Waals surface area contributed by atoms with Crippen molar-refractivity contribution < 1.29 is 22.0 Å². The van der Waals surface area contributed by atoms with Crippen LogP contribution in [0.4, 0.5) is 20.2 Å². The van der Waals surface area contributed by atoms with E-state index in [9.17, 15) is 22.0 Å². The zero-order valence-electron chi connectivity index (χ0n) is 14.7. The van der Waals surface area contributed by atoms with E-state index in [1.54, 1.807) is 6.92 Å². The number of amides is 1. The molecule has 0 fully saturated rings. The zero-order valence-corrected chi connectivity index (χ0v) is 15.6. The summed E-state index contributed by atoms with van der Waals surface area (Å²) in [5, 5.41) is 2.64. The molecular weight excluding hydrogens is 386 g/mol. The number of benzene rings is 3. The van der Waals surface area contributed by atoms with Crippen LogP contribution in [0.3, 0.4) is 0 Å². The maximum atomic E-state index is 13.7. The topological polar surface area (TPSA) is 75.3 Å². The second-order valence-corrected chi connectivity index (χ2v) is 7.71. The summed E-state index contributed by atoms with van der Waals surface area (Å²) in [6.07, 6.45) is 0. The number of rotatable bonds is 5. The van der Waals surface area contributed by atoms with Gasteiger partial charge in [0.1, 0.15) is 11.6 Å². The summed E-state index contributed by atoms with van der Waals surface area (Å²) in [7, 11) is -4.01. The van der Waals surface area contributed by atoms with Gasteiger partial charge in [-0.1, -0.05) is 12.1 Å². The highest BCUT2D eigenvalue weighted by molar-refractivity contribution is 7.92. The number of para-hydroxylation sites is 1. The van der Waals surface area contributed by atoms with Crippen molar-refractivity contribution >= 4 is 27.3 Å². The van der Waals surface area contributed by atoms with Gasteiger partial charge in [0, 0.05) is 11.3 Å². The first-order valence-electron chi connectivity index (χ1n) is 8.21. The number of carbonyl (C=O) groups excluding carboxylic acids is 1. The van der Waals surface area contributed by atoms with Gasteiger partial charge in [-0.25, -0.2) is 17.2 Å². The van der Waals surface area contributed by atoms with E-state index < -0.39 is 27.6 Å². The van der Waals surface area contributed by atoms with Crippen molar-refractivity contribution in [3.05, 3.63) is 89.5 Å². The lowest BCUT2D eigenvalue weighted by Gasteiger charge is -2.10. The molecule has 1 amide bonds. The summed E-state index contributed by atoms with van der Waals surface area (Å²) >= 11 is 0. The summed E-state index contributed by atoms with van der Waals surface area (Å²) in [6, 6.07) is 14.5. The van der Waals surface area contributed by atoms with Crippen LogP contribution in [0.5, 0.6) is 0 Å². The van der Waals surface area contributed by atoms with Crippen LogP contribution in [0.25, 0.3) is 0 Å². The van der Waals surface area contributed by atoms with E-state index in [0.717, 1.165) is 6.07 Å². The standard InChI is InChI=1S/C20H16F2N2O3S/c1-13-12-15(21)8-11-18(13)23-20(25)14-6-9-16(10-7-14)28(26,27)24-19-5-3-2-4-17(19)22/h2-12,24H,1H3,(H,23,25). The molecule has 0 aliphatic heterocycles. The summed E-state index contributed by atoms with van der Waals surface area (Å²) in [4.78, 5) is 12.2. The van der Waals surface area contributed by atoms with Gasteiger partial charge in [0.25, 0.3) is 15.9 Å². The van der Waals surface area contributed by atoms with E-state index in [1.165, 1.54) is 60.7 Å². The Hall–Kier alpha value is -3.26. The molecule has 0 saturated carbocycles. The van der Waals surface area contributed by atoms with Crippen LogP contribution in [0.1, 0.15) is 15.9 Å². The normalized spacial score (nSPS) is 11.1. The Morgan fingerprint density at radius 3 is 2.21 bits per heavy atom. The number of hydrogen-bond donors (Lipinski definition) is 2. The molecule has 0 aromatic heterocycles. The molecule has 2 N–H and O–H groups in total. The molecule has 5 nitrogen and oxygen atoms in total. The Morgan fingerprint density at radius 1 is 0.893 bits per heavy atom. The summed E-state index contributed by atoms with van der Waals surface area (Å²) in [5.74, 6) is -1.58. The summed E-state index contributed by atoms with van der Waals surface area (Å²) < 4.78 is 53.8. The van der Waals surface area contributed by atoms with Crippen LogP contribution in [-0.2, 0) is 10.0 Å². The van der Waals surface area contributed by atoms with Gasteiger partial charge in [-0.05, 0) is 67.1 Å². The third-order valence-corrected chi connectivity index (χ3v) is 5.36. The third-order valence-electron chi connectivity index (χ3n) is 3.98. The van der Waals surface area contributed by atoms with Crippen molar-refractivity contribution in [1.29, 1.82) is 0 Å². The van der Waals surface area contributed by atoms with Crippen molar-refractivity contribution in [1.82, 2.24) is 0 Å². The average molecular weight is 402 g/mol. The van der Waals surface area contributed by atoms with Crippen LogP contribution in [0, 0.1) is 18.6 Å². The number of carbonyl (C=O) groups is 1.